The van der Waals surface area contributed by atoms with Gasteiger partial charge in [-0.15, -0.1) is 0 Å². The van der Waals surface area contributed by atoms with Crippen LogP contribution < -0.4 is 0 Å². The van der Waals surface area contributed by atoms with Crippen LogP contribution in [0.4, 0.5) is 0 Å². The zero-order valence-corrected chi connectivity index (χ0v) is 16.3. The second-order valence-electron chi connectivity index (χ2n) is 6.17. The van der Waals surface area contributed by atoms with E-state index >= 15 is 0 Å². The molecule has 6 nitrogen and oxygen atoms in total. The minimum absolute atomic E-state index is 0.00644. The number of hydrogen-bond acceptors (Lipinski definition) is 6. The Labute approximate surface area is 150 Å². The lowest BCUT2D eigenvalue weighted by Crippen LogP contribution is -2.45. The standard InChI is InChI=1S/C18H28O6S/c1-6-23-18(19)17(14(4)16(13(2)3)24-12-22-5)25(20,21)15-10-8-7-9-11-15/h7-11,13-14,16-17H,6,12H2,1-5H3/t14-,16+,17?/m1/s1. The van der Waals surface area contributed by atoms with Crippen molar-refractivity contribution in [3.05, 3.63) is 30.3 Å². The Balaban J connectivity index is 3.30. The van der Waals surface area contributed by atoms with Gasteiger partial charge in [0.05, 0.1) is 17.6 Å². The number of sulfone groups is 1. The molecule has 0 fully saturated rings. The van der Waals surface area contributed by atoms with Gasteiger partial charge in [0.1, 0.15) is 6.79 Å². The van der Waals surface area contributed by atoms with Gasteiger partial charge in [-0.05, 0) is 25.0 Å². The lowest BCUT2D eigenvalue weighted by Gasteiger charge is -2.31. The molecule has 7 heteroatoms. The number of ether oxygens (including phenoxy) is 3. The van der Waals surface area contributed by atoms with Crippen LogP contribution in [0.1, 0.15) is 27.7 Å². The topological polar surface area (TPSA) is 78.9 Å². The summed E-state index contributed by atoms with van der Waals surface area (Å²) in [5.41, 5.74) is 0. The lowest BCUT2D eigenvalue weighted by molar-refractivity contribution is -0.147. The summed E-state index contributed by atoms with van der Waals surface area (Å²) in [6, 6.07) is 7.94. The van der Waals surface area contributed by atoms with E-state index in [4.69, 9.17) is 14.2 Å². The maximum atomic E-state index is 13.1. The van der Waals surface area contributed by atoms with E-state index < -0.39 is 33.1 Å². The fraction of sp³-hybridized carbons (Fsp3) is 0.611. The Kier molecular flexibility index (Phi) is 8.55. The molecule has 1 aromatic rings. The van der Waals surface area contributed by atoms with Crippen LogP contribution in [0.25, 0.3) is 0 Å². The van der Waals surface area contributed by atoms with E-state index in [1.165, 1.54) is 19.2 Å². The molecule has 0 aliphatic carbocycles. The number of carbonyl (C=O) groups excluding carboxylic acids is 1. The van der Waals surface area contributed by atoms with E-state index in [-0.39, 0.29) is 24.2 Å². The van der Waals surface area contributed by atoms with Crippen LogP contribution in [0.2, 0.25) is 0 Å². The summed E-state index contributed by atoms with van der Waals surface area (Å²) in [6.45, 7) is 7.30. The molecule has 0 radical (unpaired) electrons. The molecule has 1 rings (SSSR count). The highest BCUT2D eigenvalue weighted by molar-refractivity contribution is 7.92. The summed E-state index contributed by atoms with van der Waals surface area (Å²) in [5.74, 6) is -1.38. The van der Waals surface area contributed by atoms with E-state index in [0.717, 1.165) is 0 Å². The molecule has 0 amide bonds. The molecule has 0 saturated carbocycles. The van der Waals surface area contributed by atoms with Crippen LogP contribution in [0.5, 0.6) is 0 Å². The van der Waals surface area contributed by atoms with Gasteiger partial charge in [0.2, 0.25) is 0 Å². The van der Waals surface area contributed by atoms with Gasteiger partial charge in [0, 0.05) is 13.0 Å². The first kappa shape index (κ1) is 21.6. The average molecular weight is 372 g/mol. The van der Waals surface area contributed by atoms with Crippen molar-refractivity contribution in [2.75, 3.05) is 20.5 Å². The average Bonchev–Trinajstić information content (AvgIpc) is 2.56. The highest BCUT2D eigenvalue weighted by Gasteiger charge is 2.44. The zero-order valence-electron chi connectivity index (χ0n) is 15.5. The van der Waals surface area contributed by atoms with Gasteiger partial charge in [0.15, 0.2) is 15.1 Å². The summed E-state index contributed by atoms with van der Waals surface area (Å²) >= 11 is 0. The molecule has 0 bridgehead atoms. The number of benzene rings is 1. The van der Waals surface area contributed by atoms with Crippen LogP contribution >= 0.6 is 0 Å². The second kappa shape index (κ2) is 9.89. The number of esters is 1. The number of carbonyl (C=O) groups is 1. The molecular weight excluding hydrogens is 344 g/mol. The molecule has 0 aromatic heterocycles. The summed E-state index contributed by atoms with van der Waals surface area (Å²) in [7, 11) is -2.43. The van der Waals surface area contributed by atoms with Crippen LogP contribution in [-0.2, 0) is 28.8 Å². The van der Waals surface area contributed by atoms with Crippen LogP contribution in [0.3, 0.4) is 0 Å². The fourth-order valence-electron chi connectivity index (χ4n) is 2.88. The molecule has 0 N–H and O–H groups in total. The molecule has 0 aliphatic rings. The molecule has 0 heterocycles. The van der Waals surface area contributed by atoms with Gasteiger partial charge in [-0.3, -0.25) is 4.79 Å². The van der Waals surface area contributed by atoms with Gasteiger partial charge in [-0.1, -0.05) is 39.0 Å². The second-order valence-corrected chi connectivity index (χ2v) is 8.24. The highest BCUT2D eigenvalue weighted by atomic mass is 32.2. The van der Waals surface area contributed by atoms with Crippen LogP contribution in [0, 0.1) is 11.8 Å². The Morgan fingerprint density at radius 1 is 1.12 bits per heavy atom. The van der Waals surface area contributed by atoms with Gasteiger partial charge in [0.25, 0.3) is 0 Å². The Morgan fingerprint density at radius 3 is 2.20 bits per heavy atom. The largest absolute Gasteiger partial charge is 0.465 e. The van der Waals surface area contributed by atoms with E-state index in [0.29, 0.717) is 0 Å². The zero-order chi connectivity index (χ0) is 19.0. The van der Waals surface area contributed by atoms with Crippen LogP contribution in [-0.4, -0.2) is 46.3 Å². The Morgan fingerprint density at radius 2 is 1.72 bits per heavy atom. The summed E-state index contributed by atoms with van der Waals surface area (Å²) in [6.07, 6.45) is -0.479. The Hall–Kier alpha value is -1.44. The quantitative estimate of drug-likeness (QED) is 0.464. The minimum Gasteiger partial charge on any atom is -0.465 e. The fourth-order valence-corrected chi connectivity index (χ4v) is 4.75. The summed E-state index contributed by atoms with van der Waals surface area (Å²) in [4.78, 5) is 12.6. The molecule has 0 saturated heterocycles. The molecule has 1 unspecified atom stereocenters. The van der Waals surface area contributed by atoms with Crippen molar-refractivity contribution in [2.45, 2.75) is 43.9 Å². The molecule has 0 aliphatic heterocycles. The van der Waals surface area contributed by atoms with Crippen molar-refractivity contribution in [3.8, 4) is 0 Å². The first-order chi connectivity index (χ1) is 11.8. The third-order valence-corrected chi connectivity index (χ3v) is 6.18. The van der Waals surface area contributed by atoms with Crippen molar-refractivity contribution >= 4 is 15.8 Å². The van der Waals surface area contributed by atoms with E-state index in [1.54, 1.807) is 32.0 Å². The maximum absolute atomic E-state index is 13.1. The number of hydrogen-bond donors (Lipinski definition) is 0. The first-order valence-corrected chi connectivity index (χ1v) is 9.88. The van der Waals surface area contributed by atoms with Crippen molar-refractivity contribution in [1.29, 1.82) is 0 Å². The predicted octanol–water partition coefficient (Wildman–Crippen LogP) is 2.67. The molecule has 3 atom stereocenters. The highest BCUT2D eigenvalue weighted by Crippen LogP contribution is 2.29. The molecule has 0 spiro atoms. The molecule has 142 valence electrons. The minimum atomic E-state index is -3.92. The smallest absolute Gasteiger partial charge is 0.325 e. The predicted molar refractivity (Wildman–Crippen MR) is 94.8 cm³/mol. The number of methoxy groups -OCH3 is 1. The SMILES string of the molecule is CCOC(=O)C([C@H](C)[C@@H](OCOC)C(C)C)S(=O)(=O)c1ccccc1. The molecular formula is C18H28O6S. The van der Waals surface area contributed by atoms with E-state index in [2.05, 4.69) is 0 Å². The van der Waals surface area contributed by atoms with Crippen molar-refractivity contribution < 1.29 is 27.4 Å². The van der Waals surface area contributed by atoms with Crippen LogP contribution in [0.15, 0.2) is 35.2 Å². The third-order valence-electron chi connectivity index (χ3n) is 3.96. The van der Waals surface area contributed by atoms with Gasteiger partial charge < -0.3 is 14.2 Å². The van der Waals surface area contributed by atoms with Gasteiger partial charge >= 0.3 is 5.97 Å². The number of rotatable bonds is 10. The monoisotopic (exact) mass is 372 g/mol. The Bertz CT molecular complexity index is 626. The maximum Gasteiger partial charge on any atom is 0.325 e. The van der Waals surface area contributed by atoms with Gasteiger partial charge in [-0.25, -0.2) is 8.42 Å². The van der Waals surface area contributed by atoms with Gasteiger partial charge in [-0.2, -0.15) is 0 Å². The normalized spacial score (nSPS) is 15.6. The van der Waals surface area contributed by atoms with Crippen molar-refractivity contribution in [1.82, 2.24) is 0 Å². The van der Waals surface area contributed by atoms with Crippen molar-refractivity contribution in [3.63, 3.8) is 0 Å². The summed E-state index contributed by atoms with van der Waals surface area (Å²) < 4.78 is 41.9. The first-order valence-electron chi connectivity index (χ1n) is 8.33. The van der Waals surface area contributed by atoms with E-state index in [1.807, 2.05) is 13.8 Å². The molecule has 25 heavy (non-hydrogen) atoms. The van der Waals surface area contributed by atoms with Crippen molar-refractivity contribution in [2.24, 2.45) is 11.8 Å². The van der Waals surface area contributed by atoms with E-state index in [9.17, 15) is 13.2 Å². The summed E-state index contributed by atoms with van der Waals surface area (Å²) in [5, 5.41) is -1.35. The third kappa shape index (κ3) is 5.52. The lowest BCUT2D eigenvalue weighted by atomic mass is 9.91. The molecule has 1 aromatic carbocycles.